The third kappa shape index (κ3) is 3.24. The molecule has 22 heavy (non-hydrogen) atoms. The van der Waals surface area contributed by atoms with Gasteiger partial charge in [0.05, 0.1) is 5.69 Å². The maximum absolute atomic E-state index is 14.0. The number of piperidine rings is 1. The molecule has 2 heterocycles. The van der Waals surface area contributed by atoms with E-state index in [1.165, 1.54) is 24.9 Å². The summed E-state index contributed by atoms with van der Waals surface area (Å²) in [6.07, 6.45) is 6.61. The second kappa shape index (κ2) is 6.56. The van der Waals surface area contributed by atoms with E-state index in [-0.39, 0.29) is 11.6 Å². The standard InChI is InChI=1S/C17H18FN3O/c18-15-5-4-14(21-10-2-1-3-11-21)12-16(15)20-17(22)13-6-8-19-9-7-13/h4-9,12H,1-3,10-11H2,(H,20,22). The van der Waals surface area contributed by atoms with Gasteiger partial charge in [0.2, 0.25) is 0 Å². The average Bonchev–Trinajstić information content (AvgIpc) is 2.58. The summed E-state index contributed by atoms with van der Waals surface area (Å²) in [6.45, 7) is 1.95. The highest BCUT2D eigenvalue weighted by molar-refractivity contribution is 6.04. The minimum absolute atomic E-state index is 0.213. The molecule has 0 saturated carbocycles. The molecule has 4 nitrogen and oxygen atoms in total. The molecular weight excluding hydrogens is 281 g/mol. The smallest absolute Gasteiger partial charge is 0.255 e. The Morgan fingerprint density at radius 3 is 2.55 bits per heavy atom. The molecule has 1 amide bonds. The Bertz CT molecular complexity index is 654. The van der Waals surface area contributed by atoms with Crippen molar-refractivity contribution in [3.8, 4) is 0 Å². The molecule has 3 rings (SSSR count). The summed E-state index contributed by atoms with van der Waals surface area (Å²) in [5.41, 5.74) is 1.62. The third-order valence-corrected chi connectivity index (χ3v) is 3.86. The summed E-state index contributed by atoms with van der Waals surface area (Å²) in [7, 11) is 0. The summed E-state index contributed by atoms with van der Waals surface area (Å²) in [5.74, 6) is -0.764. The van der Waals surface area contributed by atoms with Gasteiger partial charge in [-0.25, -0.2) is 4.39 Å². The quantitative estimate of drug-likeness (QED) is 0.944. The number of benzene rings is 1. The van der Waals surface area contributed by atoms with Crippen molar-refractivity contribution in [3.63, 3.8) is 0 Å². The first kappa shape index (κ1) is 14.5. The number of amides is 1. The lowest BCUT2D eigenvalue weighted by atomic mass is 10.1. The van der Waals surface area contributed by atoms with Gasteiger partial charge < -0.3 is 10.2 Å². The first-order chi connectivity index (χ1) is 10.7. The fourth-order valence-corrected chi connectivity index (χ4v) is 2.66. The van der Waals surface area contributed by atoms with E-state index in [4.69, 9.17) is 0 Å². The monoisotopic (exact) mass is 299 g/mol. The Morgan fingerprint density at radius 1 is 1.09 bits per heavy atom. The number of hydrogen-bond acceptors (Lipinski definition) is 3. The van der Waals surface area contributed by atoms with Crippen LogP contribution in [0.4, 0.5) is 15.8 Å². The van der Waals surface area contributed by atoms with Crippen molar-refractivity contribution in [2.45, 2.75) is 19.3 Å². The van der Waals surface area contributed by atoms with Crippen LogP contribution >= 0.6 is 0 Å². The van der Waals surface area contributed by atoms with Gasteiger partial charge in [0.1, 0.15) is 5.82 Å². The topological polar surface area (TPSA) is 45.2 Å². The van der Waals surface area contributed by atoms with Gasteiger partial charge >= 0.3 is 0 Å². The SMILES string of the molecule is O=C(Nc1cc(N2CCCCC2)ccc1F)c1ccncc1. The number of nitrogens with zero attached hydrogens (tertiary/aromatic N) is 2. The second-order valence-corrected chi connectivity index (χ2v) is 5.40. The normalized spacial score (nSPS) is 14.7. The molecule has 0 spiro atoms. The van der Waals surface area contributed by atoms with Crippen LogP contribution in [0.5, 0.6) is 0 Å². The van der Waals surface area contributed by atoms with Crippen LogP contribution in [0.3, 0.4) is 0 Å². The zero-order valence-electron chi connectivity index (χ0n) is 12.3. The minimum Gasteiger partial charge on any atom is -0.371 e. The van der Waals surface area contributed by atoms with E-state index in [0.717, 1.165) is 31.6 Å². The van der Waals surface area contributed by atoms with E-state index in [1.807, 2.05) is 0 Å². The van der Waals surface area contributed by atoms with E-state index in [2.05, 4.69) is 15.2 Å². The van der Waals surface area contributed by atoms with Crippen LogP contribution in [-0.4, -0.2) is 24.0 Å². The first-order valence-corrected chi connectivity index (χ1v) is 7.50. The lowest BCUT2D eigenvalue weighted by Gasteiger charge is -2.29. The van der Waals surface area contributed by atoms with Crippen LogP contribution in [0.1, 0.15) is 29.6 Å². The number of nitrogens with one attached hydrogen (secondary N) is 1. The number of rotatable bonds is 3. The Labute approximate surface area is 129 Å². The maximum atomic E-state index is 14.0. The first-order valence-electron chi connectivity index (χ1n) is 7.50. The molecule has 2 aromatic rings. The van der Waals surface area contributed by atoms with Crippen LogP contribution in [-0.2, 0) is 0 Å². The lowest BCUT2D eigenvalue weighted by molar-refractivity contribution is 0.102. The van der Waals surface area contributed by atoms with Gasteiger partial charge in [-0.15, -0.1) is 0 Å². The number of hydrogen-bond donors (Lipinski definition) is 1. The molecule has 114 valence electrons. The molecular formula is C17H18FN3O. The fourth-order valence-electron chi connectivity index (χ4n) is 2.66. The molecule has 1 aliphatic rings. The molecule has 1 aromatic carbocycles. The van der Waals surface area contributed by atoms with Crippen LogP contribution in [0, 0.1) is 5.82 Å². The van der Waals surface area contributed by atoms with Gasteiger partial charge in [0.15, 0.2) is 0 Å². The van der Waals surface area contributed by atoms with Crippen LogP contribution in [0.15, 0.2) is 42.7 Å². The highest BCUT2D eigenvalue weighted by atomic mass is 19.1. The van der Waals surface area contributed by atoms with E-state index in [9.17, 15) is 9.18 Å². The Hall–Kier alpha value is -2.43. The van der Waals surface area contributed by atoms with Gasteiger partial charge in [-0.2, -0.15) is 0 Å². The second-order valence-electron chi connectivity index (χ2n) is 5.40. The molecule has 0 radical (unpaired) electrons. The number of pyridine rings is 1. The van der Waals surface area contributed by atoms with Gasteiger partial charge in [-0.3, -0.25) is 9.78 Å². The molecule has 1 aliphatic heterocycles. The summed E-state index contributed by atoms with van der Waals surface area (Å²) >= 11 is 0. The van der Waals surface area contributed by atoms with Crippen molar-refractivity contribution in [2.24, 2.45) is 0 Å². The number of aromatic nitrogens is 1. The Morgan fingerprint density at radius 2 is 1.82 bits per heavy atom. The van der Waals surface area contributed by atoms with E-state index in [1.54, 1.807) is 24.3 Å². The van der Waals surface area contributed by atoms with Gasteiger partial charge in [-0.05, 0) is 49.6 Å². The summed E-state index contributed by atoms with van der Waals surface area (Å²) in [4.78, 5) is 18.2. The minimum atomic E-state index is -0.428. The number of halogens is 1. The van der Waals surface area contributed by atoms with Crippen molar-refractivity contribution < 1.29 is 9.18 Å². The number of carbonyl (C=O) groups is 1. The zero-order chi connectivity index (χ0) is 15.4. The fraction of sp³-hybridized carbons (Fsp3) is 0.294. The average molecular weight is 299 g/mol. The molecule has 1 aromatic heterocycles. The highest BCUT2D eigenvalue weighted by Gasteiger charge is 2.14. The zero-order valence-corrected chi connectivity index (χ0v) is 12.3. The highest BCUT2D eigenvalue weighted by Crippen LogP contribution is 2.25. The van der Waals surface area contributed by atoms with E-state index in [0.29, 0.717) is 5.56 Å². The lowest BCUT2D eigenvalue weighted by Crippen LogP contribution is -2.29. The molecule has 0 unspecified atom stereocenters. The molecule has 1 N–H and O–H groups in total. The van der Waals surface area contributed by atoms with Crippen molar-refractivity contribution >= 4 is 17.3 Å². The van der Waals surface area contributed by atoms with Crippen molar-refractivity contribution in [1.82, 2.24) is 4.98 Å². The predicted octanol–water partition coefficient (Wildman–Crippen LogP) is 3.46. The van der Waals surface area contributed by atoms with Gasteiger partial charge in [0, 0.05) is 36.7 Å². The van der Waals surface area contributed by atoms with Crippen LogP contribution in [0.2, 0.25) is 0 Å². The molecule has 0 bridgehead atoms. The molecule has 1 saturated heterocycles. The largest absolute Gasteiger partial charge is 0.371 e. The summed E-state index contributed by atoms with van der Waals surface area (Å²) < 4.78 is 14.0. The van der Waals surface area contributed by atoms with Crippen molar-refractivity contribution in [1.29, 1.82) is 0 Å². The summed E-state index contributed by atoms with van der Waals surface area (Å²) in [5, 5.41) is 2.64. The molecule has 0 atom stereocenters. The molecule has 1 fully saturated rings. The van der Waals surface area contributed by atoms with Gasteiger partial charge in [-0.1, -0.05) is 0 Å². The number of anilines is 2. The maximum Gasteiger partial charge on any atom is 0.255 e. The van der Waals surface area contributed by atoms with E-state index >= 15 is 0 Å². The predicted molar refractivity (Wildman–Crippen MR) is 84.7 cm³/mol. The van der Waals surface area contributed by atoms with Crippen molar-refractivity contribution in [3.05, 3.63) is 54.1 Å². The van der Waals surface area contributed by atoms with E-state index < -0.39 is 5.82 Å². The Balaban J connectivity index is 1.79. The third-order valence-electron chi connectivity index (χ3n) is 3.86. The van der Waals surface area contributed by atoms with Crippen LogP contribution in [0.25, 0.3) is 0 Å². The number of carbonyl (C=O) groups excluding carboxylic acids is 1. The molecule has 5 heteroatoms. The van der Waals surface area contributed by atoms with Crippen LogP contribution < -0.4 is 10.2 Å². The molecule has 0 aliphatic carbocycles. The van der Waals surface area contributed by atoms with Crippen molar-refractivity contribution in [2.75, 3.05) is 23.3 Å². The summed E-state index contributed by atoms with van der Waals surface area (Å²) in [6, 6.07) is 8.08. The Kier molecular flexibility index (Phi) is 4.32. The van der Waals surface area contributed by atoms with Gasteiger partial charge in [0.25, 0.3) is 5.91 Å².